The second-order valence-corrected chi connectivity index (χ2v) is 9.31. The van der Waals surface area contributed by atoms with Gasteiger partial charge in [-0.05, 0) is 43.3 Å². The molecule has 178 valence electrons. The zero-order valence-corrected chi connectivity index (χ0v) is 20.4. The number of para-hydroxylation sites is 1. The van der Waals surface area contributed by atoms with Crippen molar-refractivity contribution < 1.29 is 19.1 Å². The molecule has 2 aliphatic heterocycles. The number of benzene rings is 3. The van der Waals surface area contributed by atoms with Gasteiger partial charge in [0.2, 0.25) is 5.91 Å². The van der Waals surface area contributed by atoms with E-state index in [9.17, 15) is 14.4 Å². The fraction of sp³-hybridized carbons (Fsp3) is 0.192. The maximum Gasteiger partial charge on any atom is 0.268 e. The molecule has 0 unspecified atom stereocenters. The van der Waals surface area contributed by atoms with Gasteiger partial charge in [0.05, 0.1) is 29.8 Å². The van der Waals surface area contributed by atoms with Crippen molar-refractivity contribution >= 4 is 46.6 Å². The van der Waals surface area contributed by atoms with Crippen LogP contribution in [0, 0.1) is 12.8 Å². The number of hydrogen-bond acceptors (Lipinski definition) is 5. The summed E-state index contributed by atoms with van der Waals surface area (Å²) in [6.45, 7) is 1.92. The number of anilines is 1. The van der Waals surface area contributed by atoms with E-state index >= 15 is 0 Å². The number of amides is 3. The molecular formula is C26H21Cl2N3O4. The number of hydrazine groups is 1. The van der Waals surface area contributed by atoms with E-state index in [2.05, 4.69) is 5.43 Å². The van der Waals surface area contributed by atoms with Crippen LogP contribution in [0.3, 0.4) is 0 Å². The van der Waals surface area contributed by atoms with E-state index in [0.29, 0.717) is 21.9 Å². The van der Waals surface area contributed by atoms with Crippen LogP contribution in [0.15, 0.2) is 66.7 Å². The SMILES string of the molecule is COc1ccccc1[C@@H]1NN(C(=O)c2ccc(C)cc2)[C@@H]2C(=O)N(c3ccc(Cl)cc3Cl)C(=O)[C@@H]21. The number of nitrogens with one attached hydrogen (secondary N) is 1. The van der Waals surface area contributed by atoms with Crippen molar-refractivity contribution in [2.24, 2.45) is 5.92 Å². The first-order valence-electron chi connectivity index (χ1n) is 10.9. The summed E-state index contributed by atoms with van der Waals surface area (Å²) in [7, 11) is 1.53. The maximum absolute atomic E-state index is 13.8. The van der Waals surface area contributed by atoms with Crippen LogP contribution in [0.4, 0.5) is 5.69 Å². The molecule has 2 aliphatic rings. The first-order chi connectivity index (χ1) is 16.8. The fourth-order valence-corrected chi connectivity index (χ4v) is 5.18. The Morgan fingerprint density at radius 1 is 0.971 bits per heavy atom. The van der Waals surface area contributed by atoms with Gasteiger partial charge in [-0.2, -0.15) is 0 Å². The van der Waals surface area contributed by atoms with Crippen LogP contribution in [0.25, 0.3) is 0 Å². The zero-order chi connectivity index (χ0) is 24.9. The van der Waals surface area contributed by atoms with E-state index in [0.717, 1.165) is 10.5 Å². The zero-order valence-electron chi connectivity index (χ0n) is 18.9. The lowest BCUT2D eigenvalue weighted by Gasteiger charge is -2.26. The lowest BCUT2D eigenvalue weighted by atomic mass is 9.90. The molecule has 0 aromatic heterocycles. The van der Waals surface area contributed by atoms with Gasteiger partial charge < -0.3 is 4.74 Å². The van der Waals surface area contributed by atoms with E-state index in [4.69, 9.17) is 27.9 Å². The van der Waals surface area contributed by atoms with Gasteiger partial charge >= 0.3 is 0 Å². The predicted octanol–water partition coefficient (Wildman–Crippen LogP) is 4.57. The number of nitrogens with zero attached hydrogens (tertiary/aromatic N) is 2. The number of fused-ring (bicyclic) bond motifs is 1. The van der Waals surface area contributed by atoms with Crippen molar-refractivity contribution in [2.45, 2.75) is 19.0 Å². The van der Waals surface area contributed by atoms with Crippen LogP contribution in [-0.4, -0.2) is 35.9 Å². The molecule has 9 heteroatoms. The largest absolute Gasteiger partial charge is 0.496 e. The highest BCUT2D eigenvalue weighted by Gasteiger charge is 2.61. The molecule has 0 bridgehead atoms. The van der Waals surface area contributed by atoms with E-state index in [1.165, 1.54) is 24.3 Å². The Bertz CT molecular complexity index is 1340. The van der Waals surface area contributed by atoms with Gasteiger partial charge in [0.1, 0.15) is 11.8 Å². The quantitative estimate of drug-likeness (QED) is 0.521. The number of methoxy groups -OCH3 is 1. The Labute approximate surface area is 212 Å². The smallest absolute Gasteiger partial charge is 0.268 e. The minimum absolute atomic E-state index is 0.164. The van der Waals surface area contributed by atoms with Crippen molar-refractivity contribution in [3.05, 3.63) is 93.5 Å². The van der Waals surface area contributed by atoms with Gasteiger partial charge in [0, 0.05) is 16.1 Å². The lowest BCUT2D eigenvalue weighted by Crippen LogP contribution is -2.48. The lowest BCUT2D eigenvalue weighted by molar-refractivity contribution is -0.123. The second kappa shape index (κ2) is 9.00. The predicted molar refractivity (Wildman–Crippen MR) is 132 cm³/mol. The number of carbonyl (C=O) groups excluding carboxylic acids is 3. The highest BCUT2D eigenvalue weighted by atomic mass is 35.5. The molecule has 3 aromatic carbocycles. The molecule has 0 aliphatic carbocycles. The van der Waals surface area contributed by atoms with Gasteiger partial charge in [-0.1, -0.05) is 59.1 Å². The van der Waals surface area contributed by atoms with Gasteiger partial charge in [0.25, 0.3) is 11.8 Å². The van der Waals surface area contributed by atoms with Gasteiger partial charge in [-0.3, -0.25) is 19.4 Å². The molecule has 0 spiro atoms. The van der Waals surface area contributed by atoms with Gasteiger partial charge in [-0.25, -0.2) is 10.3 Å². The highest BCUT2D eigenvalue weighted by molar-refractivity contribution is 6.38. The standard InChI is InChI=1S/C26H21Cl2N3O4/c1-14-7-9-15(10-8-14)24(32)31-23-21(22(29-31)17-5-3-4-6-20(17)35-2)25(33)30(26(23)34)19-12-11-16(27)13-18(19)28/h3-13,21-23,29H,1-2H3/t21-,22+,23+/m1/s1. The summed E-state index contributed by atoms with van der Waals surface area (Å²) in [4.78, 5) is 42.1. The van der Waals surface area contributed by atoms with Crippen LogP contribution >= 0.6 is 23.2 Å². The monoisotopic (exact) mass is 509 g/mol. The molecule has 5 rings (SSSR count). The van der Waals surface area contributed by atoms with E-state index in [1.807, 2.05) is 37.3 Å². The number of halogens is 2. The normalized spacial score (nSPS) is 21.4. The Balaban J connectivity index is 1.61. The summed E-state index contributed by atoms with van der Waals surface area (Å²) in [5.41, 5.74) is 5.41. The number of carbonyl (C=O) groups is 3. The molecule has 0 saturated carbocycles. The van der Waals surface area contributed by atoms with Crippen molar-refractivity contribution in [1.29, 1.82) is 0 Å². The van der Waals surface area contributed by atoms with E-state index in [1.54, 1.807) is 24.3 Å². The molecular weight excluding hydrogens is 489 g/mol. The van der Waals surface area contributed by atoms with Crippen LogP contribution in [0.5, 0.6) is 5.75 Å². The third-order valence-corrected chi connectivity index (χ3v) is 6.91. The van der Waals surface area contributed by atoms with Gasteiger partial charge in [0.15, 0.2) is 0 Å². The third-order valence-electron chi connectivity index (χ3n) is 6.38. The molecule has 7 nitrogen and oxygen atoms in total. The molecule has 1 N–H and O–H groups in total. The van der Waals surface area contributed by atoms with Crippen molar-refractivity contribution in [3.63, 3.8) is 0 Å². The summed E-state index contributed by atoms with van der Waals surface area (Å²) in [5.74, 6) is -1.78. The minimum atomic E-state index is -1.07. The molecule has 3 aromatic rings. The molecule has 35 heavy (non-hydrogen) atoms. The van der Waals surface area contributed by atoms with Crippen LogP contribution in [0.1, 0.15) is 27.5 Å². The summed E-state index contributed by atoms with van der Waals surface area (Å²) in [6, 6.07) is 17.0. The van der Waals surface area contributed by atoms with Crippen LogP contribution in [-0.2, 0) is 9.59 Å². The van der Waals surface area contributed by atoms with Crippen LogP contribution < -0.4 is 15.1 Å². The Hall–Kier alpha value is -3.39. The number of ether oxygens (including phenoxy) is 1. The third kappa shape index (κ3) is 3.86. The first-order valence-corrected chi connectivity index (χ1v) is 11.7. The minimum Gasteiger partial charge on any atom is -0.496 e. The van der Waals surface area contributed by atoms with Crippen molar-refractivity contribution in [2.75, 3.05) is 12.0 Å². The second-order valence-electron chi connectivity index (χ2n) is 8.47. The topological polar surface area (TPSA) is 79.0 Å². The van der Waals surface area contributed by atoms with Crippen molar-refractivity contribution in [3.8, 4) is 5.75 Å². The number of rotatable bonds is 4. The number of aryl methyl sites for hydroxylation is 1. The van der Waals surface area contributed by atoms with Crippen LogP contribution in [0.2, 0.25) is 10.0 Å². The van der Waals surface area contributed by atoms with E-state index in [-0.39, 0.29) is 10.7 Å². The van der Waals surface area contributed by atoms with E-state index < -0.39 is 35.7 Å². The first kappa shape index (κ1) is 23.4. The number of imide groups is 1. The summed E-state index contributed by atoms with van der Waals surface area (Å²) in [6.07, 6.45) is 0. The molecule has 3 amide bonds. The number of hydrogen-bond donors (Lipinski definition) is 1. The summed E-state index contributed by atoms with van der Waals surface area (Å²) in [5, 5.41) is 1.80. The average molecular weight is 510 g/mol. The van der Waals surface area contributed by atoms with Crippen molar-refractivity contribution in [1.82, 2.24) is 10.4 Å². The molecule has 2 saturated heterocycles. The summed E-state index contributed by atoms with van der Waals surface area (Å²) >= 11 is 12.4. The maximum atomic E-state index is 13.8. The Morgan fingerprint density at radius 3 is 2.37 bits per heavy atom. The Morgan fingerprint density at radius 2 is 1.69 bits per heavy atom. The molecule has 0 radical (unpaired) electrons. The fourth-order valence-electron chi connectivity index (χ4n) is 4.69. The summed E-state index contributed by atoms with van der Waals surface area (Å²) < 4.78 is 5.52. The molecule has 2 heterocycles. The molecule has 3 atom stereocenters. The Kier molecular flexibility index (Phi) is 6.01. The molecule has 2 fully saturated rings. The van der Waals surface area contributed by atoms with Gasteiger partial charge in [-0.15, -0.1) is 0 Å². The highest BCUT2D eigenvalue weighted by Crippen LogP contribution is 2.45. The average Bonchev–Trinajstić information content (AvgIpc) is 3.36.